The number of hydrogen-bond acceptors (Lipinski definition) is 2. The lowest BCUT2D eigenvalue weighted by Crippen LogP contribution is -2.37. The zero-order valence-corrected chi connectivity index (χ0v) is 7.08. The second-order valence-corrected chi connectivity index (χ2v) is 3.34. The first kappa shape index (κ1) is 8.53. The van der Waals surface area contributed by atoms with Gasteiger partial charge in [-0.25, -0.2) is 0 Å². The van der Waals surface area contributed by atoms with Gasteiger partial charge in [-0.05, 0) is 26.7 Å². The van der Waals surface area contributed by atoms with Crippen LogP contribution in [0.4, 0.5) is 0 Å². The maximum atomic E-state index is 10.4. The Bertz CT molecular complexity index is 148. The summed E-state index contributed by atoms with van der Waals surface area (Å²) in [4.78, 5) is 12.4. The Morgan fingerprint density at radius 1 is 1.45 bits per heavy atom. The van der Waals surface area contributed by atoms with Gasteiger partial charge in [0.2, 0.25) is 0 Å². The van der Waals surface area contributed by atoms with Crippen LogP contribution in [0.15, 0.2) is 0 Å². The molecule has 0 bridgehead atoms. The molecule has 1 rings (SSSR count). The molecule has 0 amide bonds. The quantitative estimate of drug-likeness (QED) is 0.648. The Morgan fingerprint density at radius 2 is 1.91 bits per heavy atom. The molecule has 0 aliphatic carbocycles. The van der Waals surface area contributed by atoms with E-state index in [0.717, 1.165) is 12.8 Å². The molecular weight excluding hydrogens is 142 g/mol. The van der Waals surface area contributed by atoms with Crippen LogP contribution in [0.2, 0.25) is 0 Å². The Kier molecular flexibility index (Phi) is 2.49. The standard InChI is InChI=1S/C8H15NO2/c1-6-3-4-7(2)9(6)5-8(10)11/h6-7H,3-5H2,1-2H3,(H,10,11). The molecule has 0 saturated carbocycles. The van der Waals surface area contributed by atoms with Gasteiger partial charge in [0.15, 0.2) is 0 Å². The van der Waals surface area contributed by atoms with E-state index in [1.807, 2.05) is 4.90 Å². The van der Waals surface area contributed by atoms with Crippen molar-refractivity contribution in [2.75, 3.05) is 6.54 Å². The van der Waals surface area contributed by atoms with Gasteiger partial charge in [-0.15, -0.1) is 0 Å². The van der Waals surface area contributed by atoms with E-state index < -0.39 is 5.97 Å². The van der Waals surface area contributed by atoms with Crippen molar-refractivity contribution in [3.8, 4) is 0 Å². The summed E-state index contributed by atoms with van der Waals surface area (Å²) in [6.07, 6.45) is 2.27. The molecule has 1 saturated heterocycles. The summed E-state index contributed by atoms with van der Waals surface area (Å²) in [5, 5.41) is 8.57. The van der Waals surface area contributed by atoms with Crippen molar-refractivity contribution in [1.29, 1.82) is 0 Å². The molecule has 1 N–H and O–H groups in total. The number of carboxylic acids is 1. The zero-order valence-electron chi connectivity index (χ0n) is 7.08. The van der Waals surface area contributed by atoms with Gasteiger partial charge < -0.3 is 5.11 Å². The summed E-state index contributed by atoms with van der Waals surface area (Å²) in [6.45, 7) is 4.38. The smallest absolute Gasteiger partial charge is 0.317 e. The van der Waals surface area contributed by atoms with Gasteiger partial charge in [-0.1, -0.05) is 0 Å². The third kappa shape index (κ3) is 1.93. The summed E-state index contributed by atoms with van der Waals surface area (Å²) in [6, 6.07) is 0.891. The number of nitrogens with zero attached hydrogens (tertiary/aromatic N) is 1. The van der Waals surface area contributed by atoms with Crippen molar-refractivity contribution in [2.24, 2.45) is 0 Å². The normalized spacial score (nSPS) is 32.5. The molecule has 1 aliphatic rings. The van der Waals surface area contributed by atoms with Gasteiger partial charge in [0.25, 0.3) is 0 Å². The van der Waals surface area contributed by atoms with Crippen LogP contribution in [0.1, 0.15) is 26.7 Å². The average molecular weight is 157 g/mol. The summed E-state index contributed by atoms with van der Waals surface area (Å²) in [5.41, 5.74) is 0. The Labute approximate surface area is 67.0 Å². The van der Waals surface area contributed by atoms with Crippen LogP contribution in [-0.4, -0.2) is 34.6 Å². The monoisotopic (exact) mass is 157 g/mol. The fraction of sp³-hybridized carbons (Fsp3) is 0.875. The van der Waals surface area contributed by atoms with Crippen LogP contribution in [-0.2, 0) is 4.79 Å². The molecule has 2 unspecified atom stereocenters. The Hall–Kier alpha value is -0.570. The highest BCUT2D eigenvalue weighted by molar-refractivity contribution is 5.69. The van der Waals surface area contributed by atoms with Gasteiger partial charge in [0.1, 0.15) is 0 Å². The lowest BCUT2D eigenvalue weighted by Gasteiger charge is -2.23. The van der Waals surface area contributed by atoms with Crippen LogP contribution in [0, 0.1) is 0 Å². The topological polar surface area (TPSA) is 40.5 Å². The first-order valence-electron chi connectivity index (χ1n) is 4.09. The highest BCUT2D eigenvalue weighted by Crippen LogP contribution is 2.22. The van der Waals surface area contributed by atoms with E-state index in [-0.39, 0.29) is 6.54 Å². The van der Waals surface area contributed by atoms with E-state index >= 15 is 0 Å². The zero-order chi connectivity index (χ0) is 8.43. The van der Waals surface area contributed by atoms with Crippen LogP contribution >= 0.6 is 0 Å². The minimum Gasteiger partial charge on any atom is -0.480 e. The van der Waals surface area contributed by atoms with Crippen molar-refractivity contribution in [3.63, 3.8) is 0 Å². The summed E-state index contributed by atoms with van der Waals surface area (Å²) in [7, 11) is 0. The largest absolute Gasteiger partial charge is 0.480 e. The summed E-state index contributed by atoms with van der Waals surface area (Å²) < 4.78 is 0. The van der Waals surface area contributed by atoms with Crippen LogP contribution in [0.3, 0.4) is 0 Å². The predicted octanol–water partition coefficient (Wildman–Crippen LogP) is 0.944. The average Bonchev–Trinajstić information content (AvgIpc) is 2.18. The number of likely N-dealkylation sites (tertiary alicyclic amines) is 1. The molecule has 0 aromatic heterocycles. The van der Waals surface area contributed by atoms with Gasteiger partial charge in [-0.3, -0.25) is 9.69 Å². The van der Waals surface area contributed by atoms with Crippen molar-refractivity contribution in [2.45, 2.75) is 38.8 Å². The van der Waals surface area contributed by atoms with E-state index in [1.54, 1.807) is 0 Å². The highest BCUT2D eigenvalue weighted by atomic mass is 16.4. The fourth-order valence-electron chi connectivity index (χ4n) is 1.72. The maximum absolute atomic E-state index is 10.4. The first-order valence-corrected chi connectivity index (χ1v) is 4.09. The van der Waals surface area contributed by atoms with E-state index in [4.69, 9.17) is 5.11 Å². The molecule has 2 atom stereocenters. The second-order valence-electron chi connectivity index (χ2n) is 3.34. The van der Waals surface area contributed by atoms with Gasteiger partial charge in [0.05, 0.1) is 6.54 Å². The summed E-state index contributed by atoms with van der Waals surface area (Å²) >= 11 is 0. The molecule has 0 aromatic carbocycles. The van der Waals surface area contributed by atoms with Crippen molar-refractivity contribution < 1.29 is 9.90 Å². The minimum atomic E-state index is -0.717. The molecule has 0 aromatic rings. The van der Waals surface area contributed by atoms with Crippen LogP contribution in [0.5, 0.6) is 0 Å². The predicted molar refractivity (Wildman–Crippen MR) is 42.5 cm³/mol. The van der Waals surface area contributed by atoms with E-state index in [0.29, 0.717) is 12.1 Å². The second kappa shape index (κ2) is 3.22. The Balaban J connectivity index is 2.47. The fourth-order valence-corrected chi connectivity index (χ4v) is 1.72. The molecule has 11 heavy (non-hydrogen) atoms. The highest BCUT2D eigenvalue weighted by Gasteiger charge is 2.28. The molecule has 1 aliphatic heterocycles. The van der Waals surface area contributed by atoms with Crippen LogP contribution < -0.4 is 0 Å². The SMILES string of the molecule is CC1CCC(C)N1CC(=O)O. The van der Waals surface area contributed by atoms with E-state index in [2.05, 4.69) is 13.8 Å². The van der Waals surface area contributed by atoms with E-state index in [9.17, 15) is 4.79 Å². The molecule has 64 valence electrons. The first-order chi connectivity index (χ1) is 5.11. The number of hydrogen-bond donors (Lipinski definition) is 1. The third-order valence-electron chi connectivity index (χ3n) is 2.45. The lowest BCUT2D eigenvalue weighted by atomic mass is 10.2. The lowest BCUT2D eigenvalue weighted by molar-refractivity contribution is -0.138. The molecule has 1 fully saturated rings. The van der Waals surface area contributed by atoms with Crippen LogP contribution in [0.25, 0.3) is 0 Å². The third-order valence-corrected chi connectivity index (χ3v) is 2.45. The molecule has 3 heteroatoms. The Morgan fingerprint density at radius 3 is 2.27 bits per heavy atom. The van der Waals surface area contributed by atoms with E-state index in [1.165, 1.54) is 0 Å². The maximum Gasteiger partial charge on any atom is 0.317 e. The molecular formula is C8H15NO2. The molecule has 1 heterocycles. The van der Waals surface area contributed by atoms with Gasteiger partial charge in [-0.2, -0.15) is 0 Å². The number of carboxylic acid groups (broad SMARTS) is 1. The van der Waals surface area contributed by atoms with Crippen molar-refractivity contribution >= 4 is 5.97 Å². The minimum absolute atomic E-state index is 0.197. The van der Waals surface area contributed by atoms with Crippen molar-refractivity contribution in [3.05, 3.63) is 0 Å². The number of rotatable bonds is 2. The van der Waals surface area contributed by atoms with Gasteiger partial charge >= 0.3 is 5.97 Å². The van der Waals surface area contributed by atoms with Crippen molar-refractivity contribution in [1.82, 2.24) is 4.90 Å². The number of aliphatic carboxylic acids is 1. The molecule has 0 spiro atoms. The molecule has 3 nitrogen and oxygen atoms in total. The van der Waals surface area contributed by atoms with Gasteiger partial charge in [0, 0.05) is 12.1 Å². The summed E-state index contributed by atoms with van der Waals surface area (Å²) in [5.74, 6) is -0.717. The molecule has 0 radical (unpaired) electrons. The number of carbonyl (C=O) groups is 1.